The second-order valence-corrected chi connectivity index (χ2v) is 7.16. The molecule has 0 aliphatic carbocycles. The van der Waals surface area contributed by atoms with Crippen molar-refractivity contribution < 1.29 is 0 Å². The monoisotopic (exact) mass is 389 g/mol. The van der Waals surface area contributed by atoms with Gasteiger partial charge in [-0.05, 0) is 48.9 Å². The van der Waals surface area contributed by atoms with Crippen LogP contribution in [-0.4, -0.2) is 25.8 Å². The fourth-order valence-electron chi connectivity index (χ4n) is 2.62. The van der Waals surface area contributed by atoms with Crippen LogP contribution in [0.2, 0.25) is 5.28 Å². The molecule has 0 amide bonds. The maximum atomic E-state index is 12.9. The average Bonchev–Trinajstić information content (AvgIpc) is 2.66. The minimum atomic E-state index is -0.206. The summed E-state index contributed by atoms with van der Waals surface area (Å²) in [5, 5.41) is 3.26. The molecule has 0 aliphatic heterocycles. The summed E-state index contributed by atoms with van der Waals surface area (Å²) in [6.07, 6.45) is 4.37. The van der Waals surface area contributed by atoms with Crippen molar-refractivity contribution in [3.8, 4) is 0 Å². The number of hydrogen-bond acceptors (Lipinski definition) is 6. The van der Waals surface area contributed by atoms with Gasteiger partial charge in [-0.3, -0.25) is 9.36 Å². The Morgan fingerprint density at radius 3 is 2.65 bits per heavy atom. The van der Waals surface area contributed by atoms with E-state index in [1.165, 1.54) is 4.90 Å². The van der Waals surface area contributed by atoms with Gasteiger partial charge in [0.25, 0.3) is 5.56 Å². The number of anilines is 1. The Kier molecular flexibility index (Phi) is 5.78. The molecule has 1 unspecified atom stereocenters. The molecule has 0 saturated heterocycles. The van der Waals surface area contributed by atoms with Crippen LogP contribution in [0.15, 0.2) is 40.2 Å². The quantitative estimate of drug-likeness (QED) is 0.504. The molecule has 0 fully saturated rings. The Morgan fingerprint density at radius 1 is 1.27 bits per heavy atom. The molecule has 0 radical (unpaired) electrons. The van der Waals surface area contributed by atoms with E-state index >= 15 is 0 Å². The fraction of sp³-hybridized carbons (Fsp3) is 0.333. The van der Waals surface area contributed by atoms with Gasteiger partial charge < -0.3 is 5.32 Å². The van der Waals surface area contributed by atoms with E-state index in [0.717, 1.165) is 12.0 Å². The molecule has 136 valence electrons. The number of benzene rings is 1. The molecule has 0 saturated carbocycles. The van der Waals surface area contributed by atoms with Crippen LogP contribution >= 0.6 is 23.4 Å². The number of thioether (sulfide) groups is 1. The number of aromatic nitrogens is 4. The molecule has 1 aromatic carbocycles. The van der Waals surface area contributed by atoms with Crippen molar-refractivity contribution in [2.75, 3.05) is 11.6 Å². The molecule has 1 N–H and O–H groups in total. The Morgan fingerprint density at radius 2 is 2.00 bits per heavy atom. The second-order valence-electron chi connectivity index (χ2n) is 5.94. The molecule has 3 aromatic rings. The van der Waals surface area contributed by atoms with Crippen molar-refractivity contribution in [3.63, 3.8) is 0 Å². The summed E-state index contributed by atoms with van der Waals surface area (Å²) >= 11 is 7.61. The Hall–Kier alpha value is -2.12. The molecule has 26 heavy (non-hydrogen) atoms. The lowest BCUT2D eigenvalue weighted by atomic mass is 10.2. The third-order valence-corrected chi connectivity index (χ3v) is 5.18. The Bertz CT molecular complexity index is 974. The smallest absolute Gasteiger partial charge is 0.295 e. The Labute approximate surface area is 161 Å². The molecule has 0 bridgehead atoms. The Balaban J connectivity index is 1.98. The largest absolute Gasteiger partial charge is 0.361 e. The fourth-order valence-corrected chi connectivity index (χ4v) is 3.15. The zero-order valence-electron chi connectivity index (χ0n) is 14.9. The van der Waals surface area contributed by atoms with Gasteiger partial charge in [-0.1, -0.05) is 19.1 Å². The normalized spacial score (nSPS) is 12.3. The summed E-state index contributed by atoms with van der Waals surface area (Å²) in [5.74, 6) is 0.290. The minimum Gasteiger partial charge on any atom is -0.361 e. The van der Waals surface area contributed by atoms with Crippen LogP contribution in [0.25, 0.3) is 11.2 Å². The van der Waals surface area contributed by atoms with E-state index in [-0.39, 0.29) is 22.7 Å². The molecular formula is C18H20ClN5OS. The van der Waals surface area contributed by atoms with Gasteiger partial charge in [0.15, 0.2) is 11.5 Å². The van der Waals surface area contributed by atoms with Crippen LogP contribution in [0.3, 0.4) is 0 Å². The average molecular weight is 390 g/mol. The number of nitrogens with zero attached hydrogens (tertiary/aromatic N) is 4. The highest BCUT2D eigenvalue weighted by Gasteiger charge is 2.16. The van der Waals surface area contributed by atoms with Gasteiger partial charge in [0.2, 0.25) is 5.28 Å². The van der Waals surface area contributed by atoms with Crippen LogP contribution in [0.1, 0.15) is 31.9 Å². The first-order valence-corrected chi connectivity index (χ1v) is 9.95. The highest BCUT2D eigenvalue weighted by Crippen LogP contribution is 2.19. The van der Waals surface area contributed by atoms with Gasteiger partial charge in [0.05, 0.1) is 6.20 Å². The van der Waals surface area contributed by atoms with Crippen LogP contribution in [-0.2, 0) is 6.54 Å². The molecule has 0 spiro atoms. The summed E-state index contributed by atoms with van der Waals surface area (Å²) in [5.41, 5.74) is 1.86. The molecule has 2 heterocycles. The van der Waals surface area contributed by atoms with Crippen molar-refractivity contribution in [2.24, 2.45) is 0 Å². The van der Waals surface area contributed by atoms with Gasteiger partial charge in [0, 0.05) is 17.5 Å². The molecular weight excluding hydrogens is 370 g/mol. The van der Waals surface area contributed by atoms with Crippen LogP contribution in [0, 0.1) is 0 Å². The standard InChI is InChI=1S/C18H20ClN5OS/c1-4-11(2)24-16-14(10-21-18(19)23-16)22-15(17(24)25)20-9-12-5-7-13(26-3)8-6-12/h5-8,10-11H,4,9H2,1-3H3,(H,20,22). The first-order chi connectivity index (χ1) is 12.5. The number of nitrogens with one attached hydrogen (secondary N) is 1. The zero-order chi connectivity index (χ0) is 18.7. The highest BCUT2D eigenvalue weighted by atomic mass is 35.5. The third kappa shape index (κ3) is 3.83. The van der Waals surface area contributed by atoms with Crippen LogP contribution < -0.4 is 10.9 Å². The molecule has 1 atom stereocenters. The maximum absolute atomic E-state index is 12.9. The van der Waals surface area contributed by atoms with Crippen molar-refractivity contribution in [2.45, 2.75) is 37.8 Å². The van der Waals surface area contributed by atoms with Gasteiger partial charge in [-0.25, -0.2) is 9.97 Å². The number of halogens is 1. The molecule has 0 aliphatic rings. The predicted octanol–water partition coefficient (Wildman–Crippen LogP) is 4.14. The summed E-state index contributed by atoms with van der Waals surface area (Å²) in [6, 6.07) is 8.16. The minimum absolute atomic E-state index is 0.0274. The van der Waals surface area contributed by atoms with Crippen LogP contribution in [0.5, 0.6) is 0 Å². The highest BCUT2D eigenvalue weighted by molar-refractivity contribution is 7.98. The lowest BCUT2D eigenvalue weighted by Gasteiger charge is -2.17. The summed E-state index contributed by atoms with van der Waals surface area (Å²) in [4.78, 5) is 26.8. The van der Waals surface area contributed by atoms with Crippen LogP contribution in [0.4, 0.5) is 5.82 Å². The van der Waals surface area contributed by atoms with Gasteiger partial charge in [-0.2, -0.15) is 4.98 Å². The molecule has 8 heteroatoms. The van der Waals surface area contributed by atoms with Crippen molar-refractivity contribution >= 4 is 40.3 Å². The van der Waals surface area contributed by atoms with Gasteiger partial charge in [0.1, 0.15) is 5.52 Å². The van der Waals surface area contributed by atoms with E-state index in [1.807, 2.05) is 32.2 Å². The summed E-state index contributed by atoms with van der Waals surface area (Å²) < 4.78 is 1.63. The first kappa shape index (κ1) is 18.7. The zero-order valence-corrected chi connectivity index (χ0v) is 16.4. The molecule has 2 aromatic heterocycles. The van der Waals surface area contributed by atoms with Gasteiger partial charge in [-0.15, -0.1) is 11.8 Å². The number of rotatable bonds is 6. The topological polar surface area (TPSA) is 72.7 Å². The van der Waals surface area contributed by atoms with E-state index in [9.17, 15) is 4.79 Å². The number of hydrogen-bond donors (Lipinski definition) is 1. The van der Waals surface area contributed by atoms with E-state index in [0.29, 0.717) is 17.7 Å². The summed E-state index contributed by atoms with van der Waals surface area (Å²) in [7, 11) is 0. The van der Waals surface area contributed by atoms with E-state index in [4.69, 9.17) is 11.6 Å². The van der Waals surface area contributed by atoms with Crippen molar-refractivity contribution in [1.29, 1.82) is 0 Å². The first-order valence-electron chi connectivity index (χ1n) is 8.35. The van der Waals surface area contributed by atoms with Crippen molar-refractivity contribution in [3.05, 3.63) is 51.7 Å². The predicted molar refractivity (Wildman–Crippen MR) is 107 cm³/mol. The third-order valence-electron chi connectivity index (χ3n) is 4.25. The van der Waals surface area contributed by atoms with Gasteiger partial charge >= 0.3 is 0 Å². The van der Waals surface area contributed by atoms with E-state index in [2.05, 4.69) is 32.4 Å². The lowest BCUT2D eigenvalue weighted by molar-refractivity contribution is 0.526. The number of fused-ring (bicyclic) bond motifs is 1. The van der Waals surface area contributed by atoms with E-state index in [1.54, 1.807) is 22.5 Å². The second kappa shape index (κ2) is 8.05. The molecule has 6 nitrogen and oxygen atoms in total. The van der Waals surface area contributed by atoms with Crippen molar-refractivity contribution in [1.82, 2.24) is 19.5 Å². The maximum Gasteiger partial charge on any atom is 0.295 e. The summed E-state index contributed by atoms with van der Waals surface area (Å²) in [6.45, 7) is 4.51. The SMILES string of the molecule is CCC(C)n1c(=O)c(NCc2ccc(SC)cc2)nc2cnc(Cl)nc21. The lowest BCUT2D eigenvalue weighted by Crippen LogP contribution is -2.28. The van der Waals surface area contributed by atoms with E-state index < -0.39 is 0 Å². The molecule has 3 rings (SSSR count).